The van der Waals surface area contributed by atoms with E-state index in [2.05, 4.69) is 11.4 Å². The number of aryl methyl sites for hydroxylation is 2. The largest absolute Gasteiger partial charge is 0.484 e. The Hall–Kier alpha value is -2.82. The van der Waals surface area contributed by atoms with Crippen molar-refractivity contribution in [3.05, 3.63) is 65.2 Å². The normalized spacial score (nSPS) is 12.2. The van der Waals surface area contributed by atoms with E-state index in [1.54, 1.807) is 11.8 Å². The van der Waals surface area contributed by atoms with Crippen LogP contribution in [-0.4, -0.2) is 34.9 Å². The van der Waals surface area contributed by atoms with Crippen LogP contribution in [0.15, 0.2) is 48.5 Å². The molecule has 5 nitrogen and oxygen atoms in total. The highest BCUT2D eigenvalue weighted by Gasteiger charge is 2.28. The molecule has 0 saturated carbocycles. The predicted octanol–water partition coefficient (Wildman–Crippen LogP) is 4.01. The summed E-state index contributed by atoms with van der Waals surface area (Å²) in [6, 6.07) is 14.9. The number of nitrogens with zero attached hydrogens (tertiary/aromatic N) is 1. The van der Waals surface area contributed by atoms with E-state index >= 15 is 0 Å². The second-order valence-corrected chi connectivity index (χ2v) is 8.53. The SMILES string of the molecule is Cc1cc(C)cc(OCC(=O)N(Cc2ccccc2)[C@@H](C)C(=O)NC(C)(C)C)c1. The summed E-state index contributed by atoms with van der Waals surface area (Å²) in [5, 5.41) is 2.96. The standard InChI is InChI=1S/C24H32N2O3/c1-17-12-18(2)14-21(13-17)29-16-22(27)26(15-20-10-8-7-9-11-20)19(3)23(28)25-24(4,5)6/h7-14,19H,15-16H2,1-6H3,(H,25,28)/t19-/m0/s1. The number of carbonyl (C=O) groups excluding carboxylic acids is 2. The fourth-order valence-corrected chi connectivity index (χ4v) is 3.08. The number of rotatable bonds is 7. The first-order valence-electron chi connectivity index (χ1n) is 9.91. The number of ether oxygens (including phenoxy) is 1. The van der Waals surface area contributed by atoms with Gasteiger partial charge in [0.1, 0.15) is 11.8 Å². The van der Waals surface area contributed by atoms with Crippen LogP contribution in [0.2, 0.25) is 0 Å². The van der Waals surface area contributed by atoms with Crippen molar-refractivity contribution in [2.75, 3.05) is 6.61 Å². The molecule has 156 valence electrons. The number of hydrogen-bond acceptors (Lipinski definition) is 3. The minimum atomic E-state index is -0.621. The van der Waals surface area contributed by atoms with E-state index in [0.29, 0.717) is 12.3 Å². The molecule has 0 spiro atoms. The highest BCUT2D eigenvalue weighted by atomic mass is 16.5. The highest BCUT2D eigenvalue weighted by molar-refractivity contribution is 5.88. The van der Waals surface area contributed by atoms with Gasteiger partial charge in [0, 0.05) is 12.1 Å². The molecule has 0 radical (unpaired) electrons. The van der Waals surface area contributed by atoms with Gasteiger partial charge in [-0.2, -0.15) is 0 Å². The minimum Gasteiger partial charge on any atom is -0.484 e. The van der Waals surface area contributed by atoms with Crippen LogP contribution in [0.1, 0.15) is 44.4 Å². The molecule has 0 aromatic heterocycles. The summed E-state index contributed by atoms with van der Waals surface area (Å²) in [6.45, 7) is 11.7. The molecule has 0 heterocycles. The van der Waals surface area contributed by atoms with Gasteiger partial charge in [-0.05, 0) is 70.4 Å². The average molecular weight is 397 g/mol. The Bertz CT molecular complexity index is 821. The molecular weight excluding hydrogens is 364 g/mol. The van der Waals surface area contributed by atoms with Gasteiger partial charge < -0.3 is 15.0 Å². The first-order chi connectivity index (χ1) is 13.5. The highest BCUT2D eigenvalue weighted by Crippen LogP contribution is 2.17. The number of amides is 2. The number of nitrogens with one attached hydrogen (secondary N) is 1. The van der Waals surface area contributed by atoms with Gasteiger partial charge in [0.15, 0.2) is 6.61 Å². The quantitative estimate of drug-likeness (QED) is 0.769. The summed E-state index contributed by atoms with van der Waals surface area (Å²) >= 11 is 0. The van der Waals surface area contributed by atoms with Gasteiger partial charge in [-0.15, -0.1) is 0 Å². The Kier molecular flexibility index (Phi) is 7.43. The van der Waals surface area contributed by atoms with E-state index in [4.69, 9.17) is 4.74 Å². The zero-order valence-electron chi connectivity index (χ0n) is 18.3. The van der Waals surface area contributed by atoms with Gasteiger partial charge in [0.2, 0.25) is 5.91 Å². The van der Waals surface area contributed by atoms with Crippen LogP contribution in [0.4, 0.5) is 0 Å². The van der Waals surface area contributed by atoms with Gasteiger partial charge in [-0.1, -0.05) is 36.4 Å². The molecule has 2 rings (SSSR count). The van der Waals surface area contributed by atoms with Crippen LogP contribution in [0, 0.1) is 13.8 Å². The lowest BCUT2D eigenvalue weighted by Gasteiger charge is -2.31. The molecule has 2 aromatic carbocycles. The average Bonchev–Trinajstić information content (AvgIpc) is 2.62. The third-order valence-corrected chi connectivity index (χ3v) is 4.42. The second kappa shape index (κ2) is 9.59. The van der Waals surface area contributed by atoms with Crippen molar-refractivity contribution in [3.63, 3.8) is 0 Å². The topological polar surface area (TPSA) is 58.6 Å². The lowest BCUT2D eigenvalue weighted by atomic mass is 10.1. The van der Waals surface area contributed by atoms with E-state index in [-0.39, 0.29) is 24.0 Å². The zero-order valence-corrected chi connectivity index (χ0v) is 18.3. The molecule has 2 amide bonds. The van der Waals surface area contributed by atoms with Crippen molar-refractivity contribution in [2.45, 2.75) is 59.7 Å². The lowest BCUT2D eigenvalue weighted by Crippen LogP contribution is -2.53. The van der Waals surface area contributed by atoms with Crippen LogP contribution in [-0.2, 0) is 16.1 Å². The Labute approximate surface area is 174 Å². The molecule has 0 aliphatic carbocycles. The maximum atomic E-state index is 13.0. The molecule has 0 saturated heterocycles. The Morgan fingerprint density at radius 2 is 1.62 bits per heavy atom. The van der Waals surface area contributed by atoms with Crippen molar-refractivity contribution >= 4 is 11.8 Å². The van der Waals surface area contributed by atoms with Crippen LogP contribution < -0.4 is 10.1 Å². The molecule has 0 bridgehead atoms. The first-order valence-corrected chi connectivity index (χ1v) is 9.91. The summed E-state index contributed by atoms with van der Waals surface area (Å²) in [6.07, 6.45) is 0. The molecule has 0 fully saturated rings. The van der Waals surface area contributed by atoms with Crippen molar-refractivity contribution in [1.29, 1.82) is 0 Å². The van der Waals surface area contributed by atoms with Crippen molar-refractivity contribution in [2.24, 2.45) is 0 Å². The minimum absolute atomic E-state index is 0.122. The summed E-state index contributed by atoms with van der Waals surface area (Å²) in [4.78, 5) is 27.3. The van der Waals surface area contributed by atoms with Gasteiger partial charge in [-0.3, -0.25) is 9.59 Å². The molecule has 1 N–H and O–H groups in total. The second-order valence-electron chi connectivity index (χ2n) is 8.53. The van der Waals surface area contributed by atoms with Crippen LogP contribution in [0.3, 0.4) is 0 Å². The number of hydrogen-bond donors (Lipinski definition) is 1. The molecule has 1 atom stereocenters. The summed E-state index contributed by atoms with van der Waals surface area (Å²) in [5.74, 6) is 0.236. The zero-order chi connectivity index (χ0) is 21.6. The predicted molar refractivity (Wildman–Crippen MR) is 116 cm³/mol. The van der Waals surface area contributed by atoms with E-state index in [1.165, 1.54) is 0 Å². The fraction of sp³-hybridized carbons (Fsp3) is 0.417. The van der Waals surface area contributed by atoms with Gasteiger partial charge in [0.25, 0.3) is 5.91 Å². The van der Waals surface area contributed by atoms with Crippen molar-refractivity contribution in [3.8, 4) is 5.75 Å². The van der Waals surface area contributed by atoms with Gasteiger partial charge in [-0.25, -0.2) is 0 Å². The third kappa shape index (κ3) is 7.26. The molecule has 0 unspecified atom stereocenters. The third-order valence-electron chi connectivity index (χ3n) is 4.42. The number of benzene rings is 2. The maximum absolute atomic E-state index is 13.0. The molecular formula is C24H32N2O3. The van der Waals surface area contributed by atoms with Crippen molar-refractivity contribution in [1.82, 2.24) is 10.2 Å². The maximum Gasteiger partial charge on any atom is 0.261 e. The van der Waals surface area contributed by atoms with Crippen LogP contribution in [0.25, 0.3) is 0 Å². The molecule has 5 heteroatoms. The van der Waals surface area contributed by atoms with Gasteiger partial charge in [0.05, 0.1) is 0 Å². The lowest BCUT2D eigenvalue weighted by molar-refractivity contribution is -0.142. The van der Waals surface area contributed by atoms with E-state index in [0.717, 1.165) is 16.7 Å². The van der Waals surface area contributed by atoms with Crippen LogP contribution >= 0.6 is 0 Å². The van der Waals surface area contributed by atoms with Crippen molar-refractivity contribution < 1.29 is 14.3 Å². The summed E-state index contributed by atoms with van der Waals surface area (Å²) in [7, 11) is 0. The molecule has 0 aliphatic rings. The van der Waals surface area contributed by atoms with E-state index in [1.807, 2.05) is 77.1 Å². The number of carbonyl (C=O) groups is 2. The smallest absolute Gasteiger partial charge is 0.261 e. The summed E-state index contributed by atoms with van der Waals surface area (Å²) < 4.78 is 5.76. The Morgan fingerprint density at radius 1 is 1.03 bits per heavy atom. The van der Waals surface area contributed by atoms with Crippen LogP contribution in [0.5, 0.6) is 5.75 Å². The first kappa shape index (κ1) is 22.5. The molecule has 2 aromatic rings. The van der Waals surface area contributed by atoms with E-state index < -0.39 is 6.04 Å². The van der Waals surface area contributed by atoms with E-state index in [9.17, 15) is 9.59 Å². The fourth-order valence-electron chi connectivity index (χ4n) is 3.08. The molecule has 29 heavy (non-hydrogen) atoms. The molecule has 0 aliphatic heterocycles. The Balaban J connectivity index is 2.16. The Morgan fingerprint density at radius 3 is 2.17 bits per heavy atom. The monoisotopic (exact) mass is 396 g/mol. The summed E-state index contributed by atoms with van der Waals surface area (Å²) in [5.41, 5.74) is 2.74. The van der Waals surface area contributed by atoms with Gasteiger partial charge >= 0.3 is 0 Å².